The Morgan fingerprint density at radius 1 is 1.40 bits per heavy atom. The van der Waals surface area contributed by atoms with Gasteiger partial charge >= 0.3 is 0 Å². The number of rotatable bonds is 7. The van der Waals surface area contributed by atoms with Crippen LogP contribution in [0, 0.1) is 11.3 Å². The monoisotopic (exact) mass is 360 g/mol. The first-order valence-corrected chi connectivity index (χ1v) is 8.69. The number of nitriles is 1. The van der Waals surface area contributed by atoms with Crippen LogP contribution in [0.15, 0.2) is 35.0 Å². The van der Waals surface area contributed by atoms with Crippen LogP contribution >= 0.6 is 11.8 Å². The molecule has 1 aromatic carbocycles. The second kappa shape index (κ2) is 9.59. The van der Waals surface area contributed by atoms with Crippen LogP contribution < -0.4 is 20.1 Å². The standard InChI is InChI=1S/C17H20N4O3S/c1-23-14-4-3-12(9-15(14)24-2)5-6-19-16(22)13(10-18)11-21-17-20-7-8-25-17/h3-4,9,11H,5-8H2,1-2H3,(H,19,22)(H,20,21)/b13-11-. The summed E-state index contributed by atoms with van der Waals surface area (Å²) in [5.41, 5.74) is 1.01. The van der Waals surface area contributed by atoms with Crippen LogP contribution in [0.5, 0.6) is 11.5 Å². The molecule has 7 nitrogen and oxygen atoms in total. The first-order chi connectivity index (χ1) is 12.2. The normalized spacial score (nSPS) is 13.6. The zero-order chi connectivity index (χ0) is 18.1. The molecule has 0 saturated carbocycles. The summed E-state index contributed by atoms with van der Waals surface area (Å²) in [4.78, 5) is 16.3. The molecule has 1 aliphatic heterocycles. The molecule has 1 amide bonds. The zero-order valence-corrected chi connectivity index (χ0v) is 15.0. The highest BCUT2D eigenvalue weighted by molar-refractivity contribution is 8.14. The number of hydrogen-bond acceptors (Lipinski definition) is 7. The molecule has 0 atom stereocenters. The SMILES string of the molecule is COc1ccc(CCNC(=O)/C(C#N)=C\NC2=NCCS2)cc1OC. The number of benzene rings is 1. The summed E-state index contributed by atoms with van der Waals surface area (Å²) in [5, 5.41) is 15.5. The molecule has 132 valence electrons. The molecular formula is C17H20N4O3S. The van der Waals surface area contributed by atoms with Crippen LogP contribution in [0.2, 0.25) is 0 Å². The average molecular weight is 360 g/mol. The fourth-order valence-electron chi connectivity index (χ4n) is 2.16. The molecule has 8 heteroatoms. The summed E-state index contributed by atoms with van der Waals surface area (Å²) in [6.07, 6.45) is 2.00. The molecule has 0 fully saturated rings. The van der Waals surface area contributed by atoms with E-state index in [1.165, 1.54) is 6.20 Å². The van der Waals surface area contributed by atoms with E-state index in [1.54, 1.807) is 26.0 Å². The smallest absolute Gasteiger partial charge is 0.263 e. The predicted octanol–water partition coefficient (Wildman–Crippen LogP) is 1.46. The lowest BCUT2D eigenvalue weighted by Crippen LogP contribution is -2.28. The fraction of sp³-hybridized carbons (Fsp3) is 0.353. The summed E-state index contributed by atoms with van der Waals surface area (Å²) in [6, 6.07) is 7.49. The maximum absolute atomic E-state index is 12.1. The summed E-state index contributed by atoms with van der Waals surface area (Å²) in [7, 11) is 3.16. The van der Waals surface area contributed by atoms with Gasteiger partial charge in [-0.25, -0.2) is 0 Å². The van der Waals surface area contributed by atoms with Gasteiger partial charge in [0.1, 0.15) is 11.6 Å². The van der Waals surface area contributed by atoms with Crippen molar-refractivity contribution in [2.45, 2.75) is 6.42 Å². The molecule has 1 heterocycles. The predicted molar refractivity (Wildman–Crippen MR) is 97.9 cm³/mol. The molecule has 0 spiro atoms. The van der Waals surface area contributed by atoms with Crippen LogP contribution in [0.4, 0.5) is 0 Å². The van der Waals surface area contributed by atoms with Gasteiger partial charge in [0.25, 0.3) is 5.91 Å². The van der Waals surface area contributed by atoms with E-state index < -0.39 is 5.91 Å². The van der Waals surface area contributed by atoms with E-state index in [9.17, 15) is 4.79 Å². The van der Waals surface area contributed by atoms with E-state index in [0.717, 1.165) is 23.0 Å². The highest BCUT2D eigenvalue weighted by atomic mass is 32.2. The third-order valence-corrected chi connectivity index (χ3v) is 4.34. The summed E-state index contributed by atoms with van der Waals surface area (Å²) < 4.78 is 10.4. The lowest BCUT2D eigenvalue weighted by atomic mass is 10.1. The van der Waals surface area contributed by atoms with E-state index in [1.807, 2.05) is 24.3 Å². The highest BCUT2D eigenvalue weighted by Crippen LogP contribution is 2.27. The number of amides is 1. The number of aliphatic imine (C=N–C) groups is 1. The molecule has 25 heavy (non-hydrogen) atoms. The largest absolute Gasteiger partial charge is 0.493 e. The van der Waals surface area contributed by atoms with Crippen molar-refractivity contribution in [1.29, 1.82) is 5.26 Å². The van der Waals surface area contributed by atoms with Gasteiger partial charge in [0.15, 0.2) is 16.7 Å². The second-order valence-corrected chi connectivity index (χ2v) is 6.13. The van der Waals surface area contributed by atoms with Gasteiger partial charge in [0.2, 0.25) is 0 Å². The number of carbonyl (C=O) groups is 1. The highest BCUT2D eigenvalue weighted by Gasteiger charge is 2.11. The van der Waals surface area contributed by atoms with Gasteiger partial charge in [-0.3, -0.25) is 9.79 Å². The van der Waals surface area contributed by atoms with Gasteiger partial charge in [-0.2, -0.15) is 5.26 Å². The minimum Gasteiger partial charge on any atom is -0.493 e. The molecule has 0 radical (unpaired) electrons. The first-order valence-electron chi connectivity index (χ1n) is 7.71. The minimum absolute atomic E-state index is 0.0162. The third-order valence-electron chi connectivity index (χ3n) is 3.44. The zero-order valence-electron chi connectivity index (χ0n) is 14.2. The number of carbonyl (C=O) groups excluding carboxylic acids is 1. The second-order valence-electron chi connectivity index (χ2n) is 5.04. The molecule has 0 aliphatic carbocycles. The molecule has 0 aromatic heterocycles. The van der Waals surface area contributed by atoms with Crippen molar-refractivity contribution in [3.8, 4) is 17.6 Å². The molecule has 2 rings (SSSR count). The lowest BCUT2D eigenvalue weighted by molar-refractivity contribution is -0.117. The van der Waals surface area contributed by atoms with Crippen LogP contribution in [0.25, 0.3) is 0 Å². The van der Waals surface area contributed by atoms with E-state index >= 15 is 0 Å². The molecule has 2 N–H and O–H groups in total. The van der Waals surface area contributed by atoms with Crippen molar-refractivity contribution in [2.75, 3.05) is 33.1 Å². The summed E-state index contributed by atoms with van der Waals surface area (Å²) in [6.45, 7) is 1.16. The van der Waals surface area contributed by atoms with Crippen molar-refractivity contribution >= 4 is 22.8 Å². The molecule has 1 aromatic rings. The van der Waals surface area contributed by atoms with Gasteiger partial charge in [0.05, 0.1) is 20.8 Å². The number of hydrogen-bond donors (Lipinski definition) is 2. The Labute approximate surface area is 151 Å². The van der Waals surface area contributed by atoms with Gasteiger partial charge in [-0.05, 0) is 24.1 Å². The van der Waals surface area contributed by atoms with E-state index in [0.29, 0.717) is 24.5 Å². The number of amidine groups is 1. The van der Waals surface area contributed by atoms with Gasteiger partial charge in [0, 0.05) is 18.5 Å². The molecule has 1 aliphatic rings. The maximum Gasteiger partial charge on any atom is 0.263 e. The van der Waals surface area contributed by atoms with Crippen molar-refractivity contribution in [3.63, 3.8) is 0 Å². The van der Waals surface area contributed by atoms with Crippen LogP contribution in [-0.4, -0.2) is 44.1 Å². The van der Waals surface area contributed by atoms with Crippen LogP contribution in [-0.2, 0) is 11.2 Å². The molecule has 0 bridgehead atoms. The van der Waals surface area contributed by atoms with Crippen molar-refractivity contribution in [3.05, 3.63) is 35.5 Å². The van der Waals surface area contributed by atoms with Crippen LogP contribution in [0.1, 0.15) is 5.56 Å². The fourth-order valence-corrected chi connectivity index (χ4v) is 2.86. The summed E-state index contributed by atoms with van der Waals surface area (Å²) in [5.74, 6) is 1.79. The van der Waals surface area contributed by atoms with E-state index in [4.69, 9.17) is 14.7 Å². The Balaban J connectivity index is 1.86. The topological polar surface area (TPSA) is 95.7 Å². The number of nitrogens with zero attached hydrogens (tertiary/aromatic N) is 2. The first kappa shape index (κ1) is 18.7. The van der Waals surface area contributed by atoms with Crippen molar-refractivity contribution < 1.29 is 14.3 Å². The van der Waals surface area contributed by atoms with Crippen molar-refractivity contribution in [2.24, 2.45) is 4.99 Å². The Morgan fingerprint density at radius 3 is 2.84 bits per heavy atom. The number of methoxy groups -OCH3 is 2. The number of ether oxygens (including phenoxy) is 2. The van der Waals surface area contributed by atoms with Crippen LogP contribution in [0.3, 0.4) is 0 Å². The number of thioether (sulfide) groups is 1. The minimum atomic E-state index is -0.418. The summed E-state index contributed by atoms with van der Waals surface area (Å²) >= 11 is 1.56. The van der Waals surface area contributed by atoms with Gasteiger partial charge < -0.3 is 20.1 Å². The average Bonchev–Trinajstić information content (AvgIpc) is 3.15. The Morgan fingerprint density at radius 2 is 2.20 bits per heavy atom. The lowest BCUT2D eigenvalue weighted by Gasteiger charge is -2.10. The Hall–Kier alpha value is -2.66. The van der Waals surface area contributed by atoms with E-state index in [2.05, 4.69) is 15.6 Å². The molecule has 0 saturated heterocycles. The number of nitrogens with one attached hydrogen (secondary N) is 2. The van der Waals surface area contributed by atoms with Gasteiger partial charge in [-0.15, -0.1) is 0 Å². The molecule has 0 unspecified atom stereocenters. The van der Waals surface area contributed by atoms with E-state index in [-0.39, 0.29) is 5.57 Å². The Bertz CT molecular complexity index is 725. The van der Waals surface area contributed by atoms with Gasteiger partial charge in [-0.1, -0.05) is 17.8 Å². The molecular weight excluding hydrogens is 340 g/mol. The third kappa shape index (κ3) is 5.43. The quantitative estimate of drug-likeness (QED) is 0.565. The maximum atomic E-state index is 12.1. The Kier molecular flexibility index (Phi) is 7.16. The van der Waals surface area contributed by atoms with Crippen molar-refractivity contribution in [1.82, 2.24) is 10.6 Å².